The average molecular weight is 369 g/mol. The molecule has 1 aliphatic carbocycles. The van der Waals surface area contributed by atoms with Crippen LogP contribution in [0, 0.1) is 11.8 Å². The highest BCUT2D eigenvalue weighted by atomic mass is 32.2. The molecular formula is C17H27N3O4S. The van der Waals surface area contributed by atoms with Crippen LogP contribution in [-0.4, -0.2) is 41.1 Å². The number of hydrogen-bond donors (Lipinski definition) is 3. The van der Waals surface area contributed by atoms with E-state index in [2.05, 4.69) is 10.0 Å². The summed E-state index contributed by atoms with van der Waals surface area (Å²) >= 11 is 0. The number of carbonyl (C=O) groups excluding carboxylic acids is 1. The van der Waals surface area contributed by atoms with Crippen molar-refractivity contribution < 1.29 is 17.9 Å². The van der Waals surface area contributed by atoms with Crippen molar-refractivity contribution in [2.75, 3.05) is 26.8 Å². The lowest BCUT2D eigenvalue weighted by Crippen LogP contribution is -2.34. The van der Waals surface area contributed by atoms with Gasteiger partial charge in [-0.2, -0.15) is 0 Å². The Kier molecular flexibility index (Phi) is 7.37. The SMILES string of the molecule is COCCNS(=O)(=O)c1ccc(CNC(=O)[C@@H]2CCC[C@@H]2CN)cc1. The minimum atomic E-state index is -3.54. The van der Waals surface area contributed by atoms with Crippen LogP contribution in [0.1, 0.15) is 24.8 Å². The third kappa shape index (κ3) is 5.50. The zero-order valence-electron chi connectivity index (χ0n) is 14.5. The molecule has 8 heteroatoms. The third-order valence-electron chi connectivity index (χ3n) is 4.60. The molecule has 2 atom stereocenters. The maximum Gasteiger partial charge on any atom is 0.240 e. The van der Waals surface area contributed by atoms with E-state index in [1.807, 2.05) is 0 Å². The van der Waals surface area contributed by atoms with Gasteiger partial charge in [-0.25, -0.2) is 13.1 Å². The zero-order chi connectivity index (χ0) is 18.3. The molecule has 0 bridgehead atoms. The lowest BCUT2D eigenvalue weighted by molar-refractivity contribution is -0.126. The quantitative estimate of drug-likeness (QED) is 0.552. The topological polar surface area (TPSA) is 111 Å². The van der Waals surface area contributed by atoms with Crippen molar-refractivity contribution in [1.82, 2.24) is 10.0 Å². The van der Waals surface area contributed by atoms with Gasteiger partial charge in [-0.15, -0.1) is 0 Å². The standard InChI is InChI=1S/C17H27N3O4S/c1-24-10-9-20-25(22,23)15-7-5-13(6-8-15)12-19-17(21)16-4-2-3-14(16)11-18/h5-8,14,16,20H,2-4,9-12,18H2,1H3,(H,19,21)/t14-,16-/m1/s1. The number of rotatable bonds is 9. The highest BCUT2D eigenvalue weighted by molar-refractivity contribution is 7.89. The predicted octanol–water partition coefficient (Wildman–Crippen LogP) is 0.603. The first-order chi connectivity index (χ1) is 12.0. The van der Waals surface area contributed by atoms with Gasteiger partial charge >= 0.3 is 0 Å². The van der Waals surface area contributed by atoms with Crippen molar-refractivity contribution in [3.8, 4) is 0 Å². The van der Waals surface area contributed by atoms with E-state index in [1.54, 1.807) is 12.1 Å². The molecule has 0 aliphatic heterocycles. The van der Waals surface area contributed by atoms with Gasteiger partial charge in [0, 0.05) is 26.1 Å². The Bertz CT molecular complexity index is 661. The Balaban J connectivity index is 1.89. The zero-order valence-corrected chi connectivity index (χ0v) is 15.3. The summed E-state index contributed by atoms with van der Waals surface area (Å²) in [5, 5.41) is 2.93. The lowest BCUT2D eigenvalue weighted by atomic mass is 9.95. The van der Waals surface area contributed by atoms with Crippen molar-refractivity contribution in [1.29, 1.82) is 0 Å². The molecule has 0 heterocycles. The summed E-state index contributed by atoms with van der Waals surface area (Å²) in [6, 6.07) is 6.49. The number of methoxy groups -OCH3 is 1. The Labute approximate surface area is 149 Å². The normalized spacial score (nSPS) is 20.6. The highest BCUT2D eigenvalue weighted by Gasteiger charge is 2.31. The van der Waals surface area contributed by atoms with Gasteiger partial charge in [0.1, 0.15) is 0 Å². The first-order valence-electron chi connectivity index (χ1n) is 8.53. The molecule has 0 radical (unpaired) electrons. The minimum absolute atomic E-state index is 0.00497. The second-order valence-corrected chi connectivity index (χ2v) is 8.05. The van der Waals surface area contributed by atoms with E-state index in [-0.39, 0.29) is 29.2 Å². The Morgan fingerprint density at radius 2 is 2.00 bits per heavy atom. The number of hydrogen-bond acceptors (Lipinski definition) is 5. The number of sulfonamides is 1. The number of ether oxygens (including phenoxy) is 1. The minimum Gasteiger partial charge on any atom is -0.383 e. The fourth-order valence-electron chi connectivity index (χ4n) is 3.13. The van der Waals surface area contributed by atoms with Gasteiger partial charge in [0.25, 0.3) is 0 Å². The molecule has 140 valence electrons. The summed E-state index contributed by atoms with van der Waals surface area (Å²) in [6.07, 6.45) is 2.94. The van der Waals surface area contributed by atoms with E-state index < -0.39 is 10.0 Å². The summed E-state index contributed by atoms with van der Waals surface area (Å²) in [7, 11) is -2.02. The largest absolute Gasteiger partial charge is 0.383 e. The number of benzene rings is 1. The monoisotopic (exact) mass is 369 g/mol. The van der Waals surface area contributed by atoms with Crippen LogP contribution in [0.2, 0.25) is 0 Å². The van der Waals surface area contributed by atoms with E-state index in [0.29, 0.717) is 19.7 Å². The Hall–Kier alpha value is -1.48. The molecule has 1 aliphatic rings. The van der Waals surface area contributed by atoms with Crippen molar-refractivity contribution in [2.45, 2.75) is 30.7 Å². The van der Waals surface area contributed by atoms with Crippen molar-refractivity contribution in [2.24, 2.45) is 17.6 Å². The van der Waals surface area contributed by atoms with Crippen LogP contribution in [0.5, 0.6) is 0 Å². The van der Waals surface area contributed by atoms with E-state index in [4.69, 9.17) is 10.5 Å². The van der Waals surface area contributed by atoms with E-state index in [0.717, 1.165) is 24.8 Å². The molecule has 1 amide bonds. The van der Waals surface area contributed by atoms with Crippen LogP contribution in [0.3, 0.4) is 0 Å². The molecular weight excluding hydrogens is 342 g/mol. The Morgan fingerprint density at radius 3 is 2.64 bits per heavy atom. The first kappa shape index (κ1) is 19.8. The van der Waals surface area contributed by atoms with Gasteiger partial charge in [-0.1, -0.05) is 18.6 Å². The summed E-state index contributed by atoms with van der Waals surface area (Å²) in [4.78, 5) is 12.5. The molecule has 0 aromatic heterocycles. The van der Waals surface area contributed by atoms with Gasteiger partial charge in [0.15, 0.2) is 0 Å². The predicted molar refractivity (Wildman–Crippen MR) is 95.2 cm³/mol. The second-order valence-electron chi connectivity index (χ2n) is 6.29. The van der Waals surface area contributed by atoms with Crippen molar-refractivity contribution in [3.63, 3.8) is 0 Å². The van der Waals surface area contributed by atoms with E-state index in [1.165, 1.54) is 19.2 Å². The van der Waals surface area contributed by atoms with Crippen molar-refractivity contribution >= 4 is 15.9 Å². The first-order valence-corrected chi connectivity index (χ1v) is 10.0. The van der Waals surface area contributed by atoms with Gasteiger partial charge < -0.3 is 15.8 Å². The maximum atomic E-state index is 12.3. The number of carbonyl (C=O) groups is 1. The number of nitrogens with two attached hydrogens (primary N) is 1. The van der Waals surface area contributed by atoms with Crippen LogP contribution in [0.4, 0.5) is 0 Å². The summed E-state index contributed by atoms with van der Waals surface area (Å²) in [5.41, 5.74) is 6.57. The molecule has 2 rings (SSSR count). The van der Waals surface area contributed by atoms with Crippen LogP contribution in [-0.2, 0) is 26.1 Å². The number of nitrogens with one attached hydrogen (secondary N) is 2. The molecule has 4 N–H and O–H groups in total. The highest BCUT2D eigenvalue weighted by Crippen LogP contribution is 2.31. The Morgan fingerprint density at radius 1 is 1.28 bits per heavy atom. The fraction of sp³-hybridized carbons (Fsp3) is 0.588. The molecule has 1 saturated carbocycles. The van der Waals surface area contributed by atoms with Crippen LogP contribution < -0.4 is 15.8 Å². The van der Waals surface area contributed by atoms with Gasteiger partial charge in [-0.3, -0.25) is 4.79 Å². The second kappa shape index (κ2) is 9.28. The molecule has 1 aromatic rings. The third-order valence-corrected chi connectivity index (χ3v) is 6.07. The summed E-state index contributed by atoms with van der Waals surface area (Å²) in [6.45, 7) is 1.46. The molecule has 0 spiro atoms. The summed E-state index contributed by atoms with van der Waals surface area (Å²) in [5.74, 6) is 0.297. The average Bonchev–Trinajstić information content (AvgIpc) is 3.09. The molecule has 0 unspecified atom stereocenters. The van der Waals surface area contributed by atoms with Gasteiger partial charge in [-0.05, 0) is 43.0 Å². The molecule has 1 aromatic carbocycles. The van der Waals surface area contributed by atoms with Crippen LogP contribution in [0.15, 0.2) is 29.2 Å². The van der Waals surface area contributed by atoms with Crippen LogP contribution in [0.25, 0.3) is 0 Å². The molecule has 7 nitrogen and oxygen atoms in total. The van der Waals surface area contributed by atoms with E-state index in [9.17, 15) is 13.2 Å². The van der Waals surface area contributed by atoms with Crippen LogP contribution >= 0.6 is 0 Å². The summed E-state index contributed by atoms with van der Waals surface area (Å²) < 4.78 is 31.4. The molecule has 25 heavy (non-hydrogen) atoms. The molecule has 0 saturated heterocycles. The number of amides is 1. The lowest BCUT2D eigenvalue weighted by Gasteiger charge is -2.17. The smallest absolute Gasteiger partial charge is 0.240 e. The molecule has 1 fully saturated rings. The van der Waals surface area contributed by atoms with Gasteiger partial charge in [0.05, 0.1) is 11.5 Å². The maximum absolute atomic E-state index is 12.3. The fourth-order valence-corrected chi connectivity index (χ4v) is 4.15. The van der Waals surface area contributed by atoms with E-state index >= 15 is 0 Å². The van der Waals surface area contributed by atoms with Crippen molar-refractivity contribution in [3.05, 3.63) is 29.8 Å². The van der Waals surface area contributed by atoms with Gasteiger partial charge in [0.2, 0.25) is 15.9 Å².